The summed E-state index contributed by atoms with van der Waals surface area (Å²) >= 11 is 3.15. The number of phenols is 2. The minimum atomic E-state index is -0.205. The third-order valence-corrected chi connectivity index (χ3v) is 1.83. The van der Waals surface area contributed by atoms with Gasteiger partial charge in [0.1, 0.15) is 0 Å². The molecule has 5 heteroatoms. The Morgan fingerprint density at radius 3 is 2.67 bits per heavy atom. The van der Waals surface area contributed by atoms with Gasteiger partial charge in [-0.15, -0.1) is 0 Å². The average Bonchev–Trinajstić information content (AvgIpc) is 2.00. The molecule has 0 aromatic heterocycles. The number of nitrogens with two attached hydrogens (primary N) is 1. The van der Waals surface area contributed by atoms with Gasteiger partial charge in [0.15, 0.2) is 11.5 Å². The normalized spacial score (nSPS) is 10.2. The molecule has 0 bridgehead atoms. The maximum absolute atomic E-state index is 9.25. The Morgan fingerprint density at radius 1 is 1.42 bits per heavy atom. The minimum Gasteiger partial charge on any atom is -0.504 e. The maximum Gasteiger partial charge on any atom is 0.163 e. The highest BCUT2D eigenvalue weighted by Gasteiger charge is 2.07. The zero-order valence-corrected chi connectivity index (χ0v) is 7.71. The SMILES string of the molecule is NOCc1cc(Br)cc(O)c1O. The van der Waals surface area contributed by atoms with Gasteiger partial charge in [-0.3, -0.25) is 4.84 Å². The predicted octanol–water partition coefficient (Wildman–Crippen LogP) is 1.25. The average molecular weight is 234 g/mol. The molecule has 0 atom stereocenters. The van der Waals surface area contributed by atoms with Gasteiger partial charge in [-0.1, -0.05) is 15.9 Å². The first-order valence-electron chi connectivity index (χ1n) is 3.17. The molecule has 0 saturated heterocycles. The van der Waals surface area contributed by atoms with Crippen LogP contribution in [0.2, 0.25) is 0 Å². The third kappa shape index (κ3) is 1.88. The van der Waals surface area contributed by atoms with Crippen LogP contribution in [0.15, 0.2) is 16.6 Å². The molecule has 0 fully saturated rings. The van der Waals surface area contributed by atoms with Gasteiger partial charge in [0.25, 0.3) is 0 Å². The number of halogens is 1. The zero-order valence-electron chi connectivity index (χ0n) is 6.12. The second kappa shape index (κ2) is 3.75. The summed E-state index contributed by atoms with van der Waals surface area (Å²) in [5.74, 6) is 4.42. The molecule has 0 aliphatic heterocycles. The Balaban J connectivity index is 3.09. The van der Waals surface area contributed by atoms with Gasteiger partial charge in [0, 0.05) is 10.0 Å². The minimum absolute atomic E-state index is 0.0544. The Bertz CT molecular complexity index is 290. The van der Waals surface area contributed by atoms with Crippen molar-refractivity contribution >= 4 is 15.9 Å². The largest absolute Gasteiger partial charge is 0.504 e. The van der Waals surface area contributed by atoms with Crippen molar-refractivity contribution < 1.29 is 15.1 Å². The quantitative estimate of drug-likeness (QED) is 0.531. The fraction of sp³-hybridized carbons (Fsp3) is 0.143. The van der Waals surface area contributed by atoms with E-state index in [9.17, 15) is 5.11 Å². The summed E-state index contributed by atoms with van der Waals surface area (Å²) in [6.45, 7) is 0.0544. The highest BCUT2D eigenvalue weighted by Crippen LogP contribution is 2.32. The van der Waals surface area contributed by atoms with Gasteiger partial charge < -0.3 is 10.2 Å². The number of aromatic hydroxyl groups is 2. The van der Waals surface area contributed by atoms with Gasteiger partial charge >= 0.3 is 0 Å². The van der Waals surface area contributed by atoms with E-state index >= 15 is 0 Å². The van der Waals surface area contributed by atoms with E-state index in [2.05, 4.69) is 20.8 Å². The van der Waals surface area contributed by atoms with E-state index in [4.69, 9.17) is 11.0 Å². The smallest absolute Gasteiger partial charge is 0.163 e. The molecule has 0 unspecified atom stereocenters. The molecule has 1 aromatic carbocycles. The molecule has 4 N–H and O–H groups in total. The van der Waals surface area contributed by atoms with Crippen molar-refractivity contribution in [3.05, 3.63) is 22.2 Å². The van der Waals surface area contributed by atoms with E-state index in [0.717, 1.165) is 0 Å². The predicted molar refractivity (Wildman–Crippen MR) is 46.4 cm³/mol. The molecule has 12 heavy (non-hydrogen) atoms. The Hall–Kier alpha value is -0.780. The third-order valence-electron chi connectivity index (χ3n) is 1.37. The summed E-state index contributed by atoms with van der Waals surface area (Å²) in [5, 5.41) is 18.4. The van der Waals surface area contributed by atoms with Crippen LogP contribution < -0.4 is 5.90 Å². The van der Waals surface area contributed by atoms with E-state index in [-0.39, 0.29) is 18.1 Å². The van der Waals surface area contributed by atoms with Gasteiger partial charge in [-0.25, -0.2) is 5.90 Å². The Kier molecular flexibility index (Phi) is 2.91. The summed E-state index contributed by atoms with van der Waals surface area (Å²) in [7, 11) is 0. The van der Waals surface area contributed by atoms with Crippen molar-refractivity contribution in [1.82, 2.24) is 0 Å². The lowest BCUT2D eigenvalue weighted by Gasteiger charge is -2.05. The monoisotopic (exact) mass is 233 g/mol. The van der Waals surface area contributed by atoms with Crippen molar-refractivity contribution in [3.8, 4) is 11.5 Å². The highest BCUT2D eigenvalue weighted by molar-refractivity contribution is 9.10. The number of rotatable bonds is 2. The summed E-state index contributed by atoms with van der Waals surface area (Å²) < 4.78 is 0.657. The molecule has 1 rings (SSSR count). The molecule has 0 aliphatic carbocycles. The summed E-state index contributed by atoms with van der Waals surface area (Å²) in [6.07, 6.45) is 0. The molecule has 0 heterocycles. The van der Waals surface area contributed by atoms with E-state index in [1.807, 2.05) is 0 Å². The van der Waals surface area contributed by atoms with Gasteiger partial charge in [-0.2, -0.15) is 0 Å². The molecule has 0 saturated carbocycles. The maximum atomic E-state index is 9.25. The topological polar surface area (TPSA) is 75.7 Å². The van der Waals surface area contributed by atoms with Crippen molar-refractivity contribution in [3.63, 3.8) is 0 Å². The van der Waals surface area contributed by atoms with Gasteiger partial charge in [0.2, 0.25) is 0 Å². The second-order valence-electron chi connectivity index (χ2n) is 2.24. The Labute approximate surface area is 77.7 Å². The van der Waals surface area contributed by atoms with Gasteiger partial charge in [0.05, 0.1) is 6.61 Å². The molecule has 0 radical (unpaired) electrons. The summed E-state index contributed by atoms with van der Waals surface area (Å²) in [4.78, 5) is 4.33. The lowest BCUT2D eigenvalue weighted by atomic mass is 10.2. The molecular weight excluding hydrogens is 226 g/mol. The highest BCUT2D eigenvalue weighted by atomic mass is 79.9. The molecule has 66 valence electrons. The van der Waals surface area contributed by atoms with Crippen LogP contribution in [0.25, 0.3) is 0 Å². The Morgan fingerprint density at radius 2 is 2.08 bits per heavy atom. The number of hydrogen-bond donors (Lipinski definition) is 3. The second-order valence-corrected chi connectivity index (χ2v) is 3.16. The van der Waals surface area contributed by atoms with E-state index in [1.165, 1.54) is 6.07 Å². The van der Waals surface area contributed by atoms with E-state index in [0.29, 0.717) is 10.0 Å². The van der Waals surface area contributed by atoms with Crippen LogP contribution in [0, 0.1) is 0 Å². The van der Waals surface area contributed by atoms with Gasteiger partial charge in [-0.05, 0) is 12.1 Å². The first-order valence-corrected chi connectivity index (χ1v) is 3.96. The molecule has 4 nitrogen and oxygen atoms in total. The number of benzene rings is 1. The molecule has 1 aromatic rings. The van der Waals surface area contributed by atoms with Crippen molar-refractivity contribution in [1.29, 1.82) is 0 Å². The molecular formula is C7H8BrNO3. The summed E-state index contributed by atoms with van der Waals surface area (Å²) in [6, 6.07) is 3.00. The van der Waals surface area contributed by atoms with Crippen LogP contribution in [-0.4, -0.2) is 10.2 Å². The van der Waals surface area contributed by atoms with E-state index < -0.39 is 0 Å². The standard InChI is InChI=1S/C7H8BrNO3/c8-5-1-4(3-12-9)7(11)6(10)2-5/h1-2,10-11H,3,9H2. The van der Waals surface area contributed by atoms with Crippen LogP contribution in [0.5, 0.6) is 11.5 Å². The van der Waals surface area contributed by atoms with Crippen LogP contribution in [0.4, 0.5) is 0 Å². The zero-order chi connectivity index (χ0) is 9.14. The van der Waals surface area contributed by atoms with Crippen molar-refractivity contribution in [2.24, 2.45) is 5.90 Å². The molecule has 0 spiro atoms. The number of phenolic OH excluding ortho intramolecular Hbond substituents is 2. The van der Waals surface area contributed by atoms with Crippen LogP contribution in [-0.2, 0) is 11.4 Å². The molecule has 0 aliphatic rings. The number of hydrogen-bond acceptors (Lipinski definition) is 4. The van der Waals surface area contributed by atoms with E-state index in [1.54, 1.807) is 6.07 Å². The first kappa shape index (κ1) is 9.31. The van der Waals surface area contributed by atoms with Crippen LogP contribution >= 0.6 is 15.9 Å². The molecule has 0 amide bonds. The fourth-order valence-corrected chi connectivity index (χ4v) is 1.33. The summed E-state index contributed by atoms with van der Waals surface area (Å²) in [5.41, 5.74) is 0.435. The first-order chi connectivity index (χ1) is 5.65. The lowest BCUT2D eigenvalue weighted by Crippen LogP contribution is -1.99. The lowest BCUT2D eigenvalue weighted by molar-refractivity contribution is 0.122. The van der Waals surface area contributed by atoms with Crippen LogP contribution in [0.3, 0.4) is 0 Å². The fourth-order valence-electron chi connectivity index (χ4n) is 0.840. The van der Waals surface area contributed by atoms with Crippen molar-refractivity contribution in [2.45, 2.75) is 6.61 Å². The van der Waals surface area contributed by atoms with Crippen LogP contribution in [0.1, 0.15) is 5.56 Å². The van der Waals surface area contributed by atoms with Crippen molar-refractivity contribution in [2.75, 3.05) is 0 Å².